The molecule has 0 radical (unpaired) electrons. The van der Waals surface area contributed by atoms with Crippen LogP contribution in [0.25, 0.3) is 0 Å². The van der Waals surface area contributed by atoms with Crippen LogP contribution in [0.4, 0.5) is 5.69 Å². The Morgan fingerprint density at radius 2 is 1.83 bits per heavy atom. The Balaban J connectivity index is 1.92. The standard InChI is InChI=1S/C17H18N2O5/c1-11(10-15(20)23-2)18-16(21)12-5-7-13(8-6-12)19-17(22)14-4-3-9-24-14/h3-9,11H,10H2,1-2H3,(H,18,21)(H,19,22). The fourth-order valence-electron chi connectivity index (χ4n) is 2.00. The first kappa shape index (κ1) is 17.3. The molecule has 0 bridgehead atoms. The van der Waals surface area contributed by atoms with Crippen LogP contribution in [0.15, 0.2) is 47.1 Å². The monoisotopic (exact) mass is 330 g/mol. The maximum absolute atomic E-state index is 12.1. The Bertz CT molecular complexity index is 707. The Kier molecular flexibility index (Phi) is 5.73. The van der Waals surface area contributed by atoms with E-state index in [1.807, 2.05) is 0 Å². The van der Waals surface area contributed by atoms with E-state index in [1.165, 1.54) is 13.4 Å². The van der Waals surface area contributed by atoms with Gasteiger partial charge in [-0.05, 0) is 43.3 Å². The van der Waals surface area contributed by atoms with Gasteiger partial charge in [0, 0.05) is 17.3 Å². The van der Waals surface area contributed by atoms with E-state index < -0.39 is 5.97 Å². The lowest BCUT2D eigenvalue weighted by Gasteiger charge is -2.12. The van der Waals surface area contributed by atoms with Gasteiger partial charge in [0.1, 0.15) is 0 Å². The van der Waals surface area contributed by atoms with Crippen molar-refractivity contribution >= 4 is 23.5 Å². The first-order valence-electron chi connectivity index (χ1n) is 7.32. The van der Waals surface area contributed by atoms with Crippen LogP contribution < -0.4 is 10.6 Å². The van der Waals surface area contributed by atoms with Crippen LogP contribution in [0, 0.1) is 0 Å². The topological polar surface area (TPSA) is 97.6 Å². The van der Waals surface area contributed by atoms with Crippen molar-refractivity contribution < 1.29 is 23.5 Å². The number of carbonyl (C=O) groups excluding carboxylic acids is 3. The molecule has 2 aromatic rings. The number of benzene rings is 1. The van der Waals surface area contributed by atoms with Crippen LogP contribution in [-0.2, 0) is 9.53 Å². The Hall–Kier alpha value is -3.09. The molecule has 1 unspecified atom stereocenters. The Morgan fingerprint density at radius 3 is 2.42 bits per heavy atom. The number of rotatable bonds is 6. The van der Waals surface area contributed by atoms with Gasteiger partial charge in [-0.15, -0.1) is 0 Å². The van der Waals surface area contributed by atoms with Gasteiger partial charge in [0.25, 0.3) is 11.8 Å². The van der Waals surface area contributed by atoms with Crippen molar-refractivity contribution in [3.8, 4) is 0 Å². The average Bonchev–Trinajstić information content (AvgIpc) is 3.09. The van der Waals surface area contributed by atoms with Crippen LogP contribution in [0.5, 0.6) is 0 Å². The summed E-state index contributed by atoms with van der Waals surface area (Å²) in [5.41, 5.74) is 0.957. The van der Waals surface area contributed by atoms with Gasteiger partial charge in [0.2, 0.25) is 0 Å². The number of carbonyl (C=O) groups is 3. The molecule has 1 atom stereocenters. The number of esters is 1. The van der Waals surface area contributed by atoms with Gasteiger partial charge in [-0.25, -0.2) is 0 Å². The smallest absolute Gasteiger partial charge is 0.307 e. The minimum absolute atomic E-state index is 0.0968. The predicted molar refractivity (Wildman–Crippen MR) is 86.7 cm³/mol. The summed E-state index contributed by atoms with van der Waals surface area (Å²) in [6, 6.07) is 9.22. The first-order chi connectivity index (χ1) is 11.5. The van der Waals surface area contributed by atoms with Gasteiger partial charge in [-0.1, -0.05) is 0 Å². The molecule has 0 fully saturated rings. The predicted octanol–water partition coefficient (Wildman–Crippen LogP) is 2.21. The highest BCUT2D eigenvalue weighted by Crippen LogP contribution is 2.12. The summed E-state index contributed by atoms with van der Waals surface area (Å²) >= 11 is 0. The number of hydrogen-bond donors (Lipinski definition) is 2. The molecule has 0 aliphatic carbocycles. The van der Waals surface area contributed by atoms with Crippen molar-refractivity contribution in [2.24, 2.45) is 0 Å². The summed E-state index contributed by atoms with van der Waals surface area (Å²) in [5.74, 6) is -0.869. The Labute approximate surface area is 139 Å². The van der Waals surface area contributed by atoms with Gasteiger partial charge in [-0.2, -0.15) is 0 Å². The zero-order valence-corrected chi connectivity index (χ0v) is 13.4. The molecule has 0 aliphatic heterocycles. The van der Waals surface area contributed by atoms with Gasteiger partial charge in [0.05, 0.1) is 19.8 Å². The molecule has 0 spiro atoms. The van der Waals surface area contributed by atoms with Crippen LogP contribution in [0.3, 0.4) is 0 Å². The molecule has 24 heavy (non-hydrogen) atoms. The molecule has 2 amide bonds. The third-order valence-electron chi connectivity index (χ3n) is 3.23. The summed E-state index contributed by atoms with van der Waals surface area (Å²) in [4.78, 5) is 35.1. The molecule has 7 heteroatoms. The molecule has 2 rings (SSSR count). The number of furan rings is 1. The van der Waals surface area contributed by atoms with Crippen LogP contribution in [-0.4, -0.2) is 30.9 Å². The summed E-state index contributed by atoms with van der Waals surface area (Å²) in [5, 5.41) is 5.36. The van der Waals surface area contributed by atoms with E-state index in [1.54, 1.807) is 43.3 Å². The lowest BCUT2D eigenvalue weighted by molar-refractivity contribution is -0.141. The van der Waals surface area contributed by atoms with Gasteiger partial charge in [-0.3, -0.25) is 14.4 Å². The summed E-state index contributed by atoms with van der Waals surface area (Å²) < 4.78 is 9.55. The quantitative estimate of drug-likeness (QED) is 0.791. The van der Waals surface area contributed by atoms with Crippen molar-refractivity contribution in [3.63, 3.8) is 0 Å². The summed E-state index contributed by atoms with van der Waals surface area (Å²) in [6.45, 7) is 1.72. The third-order valence-corrected chi connectivity index (χ3v) is 3.23. The number of hydrogen-bond acceptors (Lipinski definition) is 5. The van der Waals surface area contributed by atoms with Crippen molar-refractivity contribution in [3.05, 3.63) is 54.0 Å². The van der Waals surface area contributed by atoms with Crippen molar-refractivity contribution in [1.29, 1.82) is 0 Å². The number of ether oxygens (including phenoxy) is 1. The fraction of sp³-hybridized carbons (Fsp3) is 0.235. The van der Waals surface area contributed by atoms with Crippen LogP contribution in [0.2, 0.25) is 0 Å². The van der Waals surface area contributed by atoms with E-state index in [9.17, 15) is 14.4 Å². The van der Waals surface area contributed by atoms with Crippen LogP contribution >= 0.6 is 0 Å². The molecule has 1 aromatic heterocycles. The lowest BCUT2D eigenvalue weighted by Crippen LogP contribution is -2.34. The van der Waals surface area contributed by atoms with E-state index in [-0.39, 0.29) is 30.0 Å². The van der Waals surface area contributed by atoms with Crippen molar-refractivity contribution in [2.45, 2.75) is 19.4 Å². The summed E-state index contributed by atoms with van der Waals surface area (Å²) in [6.07, 6.45) is 1.51. The molecule has 0 saturated heterocycles. The normalized spacial score (nSPS) is 11.4. The molecule has 0 aliphatic rings. The number of methoxy groups -OCH3 is 1. The molecule has 1 aromatic carbocycles. The van der Waals surface area contributed by atoms with E-state index in [4.69, 9.17) is 4.42 Å². The summed E-state index contributed by atoms with van der Waals surface area (Å²) in [7, 11) is 1.30. The molecule has 7 nitrogen and oxygen atoms in total. The second-order valence-electron chi connectivity index (χ2n) is 5.16. The SMILES string of the molecule is COC(=O)CC(C)NC(=O)c1ccc(NC(=O)c2ccco2)cc1. The molecule has 1 heterocycles. The highest BCUT2D eigenvalue weighted by molar-refractivity contribution is 6.02. The van der Waals surface area contributed by atoms with E-state index in [2.05, 4.69) is 15.4 Å². The zero-order valence-electron chi connectivity index (χ0n) is 13.4. The minimum atomic E-state index is -0.390. The fourth-order valence-corrected chi connectivity index (χ4v) is 2.00. The van der Waals surface area contributed by atoms with Gasteiger partial charge in [0.15, 0.2) is 5.76 Å². The van der Waals surface area contributed by atoms with Crippen molar-refractivity contribution in [2.75, 3.05) is 12.4 Å². The molecule has 126 valence electrons. The zero-order chi connectivity index (χ0) is 17.5. The number of anilines is 1. The second-order valence-corrected chi connectivity index (χ2v) is 5.16. The number of amides is 2. The largest absolute Gasteiger partial charge is 0.469 e. The maximum atomic E-state index is 12.1. The first-order valence-corrected chi connectivity index (χ1v) is 7.32. The molecular formula is C17H18N2O5. The van der Waals surface area contributed by atoms with E-state index in [0.29, 0.717) is 11.3 Å². The highest BCUT2D eigenvalue weighted by Gasteiger charge is 2.14. The molecular weight excluding hydrogens is 312 g/mol. The second kappa shape index (κ2) is 7.96. The molecule has 2 N–H and O–H groups in total. The molecule has 0 saturated carbocycles. The van der Waals surface area contributed by atoms with Gasteiger partial charge < -0.3 is 19.8 Å². The minimum Gasteiger partial charge on any atom is -0.469 e. The lowest BCUT2D eigenvalue weighted by atomic mass is 10.1. The Morgan fingerprint density at radius 1 is 1.12 bits per heavy atom. The van der Waals surface area contributed by atoms with E-state index in [0.717, 1.165) is 0 Å². The maximum Gasteiger partial charge on any atom is 0.307 e. The average molecular weight is 330 g/mol. The third kappa shape index (κ3) is 4.70. The van der Waals surface area contributed by atoms with Crippen LogP contribution in [0.1, 0.15) is 34.3 Å². The van der Waals surface area contributed by atoms with E-state index >= 15 is 0 Å². The van der Waals surface area contributed by atoms with Crippen molar-refractivity contribution in [1.82, 2.24) is 5.32 Å². The van der Waals surface area contributed by atoms with Gasteiger partial charge >= 0.3 is 5.97 Å². The number of nitrogens with one attached hydrogen (secondary N) is 2. The highest BCUT2D eigenvalue weighted by atomic mass is 16.5.